The van der Waals surface area contributed by atoms with Gasteiger partial charge in [-0.15, -0.1) is 10.2 Å². The molecular weight excluding hydrogens is 438 g/mol. The Bertz CT molecular complexity index is 1080. The molecule has 0 aliphatic rings. The molecule has 0 aliphatic heterocycles. The minimum Gasteiger partial charge on any atom is -0.497 e. The van der Waals surface area contributed by atoms with Crippen molar-refractivity contribution >= 4 is 34.1 Å². The Labute approximate surface area is 197 Å². The number of aromatic nitrogens is 2. The maximum absolute atomic E-state index is 13.0. The topological polar surface area (TPSA) is 105 Å². The van der Waals surface area contributed by atoms with Gasteiger partial charge >= 0.3 is 6.03 Å². The van der Waals surface area contributed by atoms with Gasteiger partial charge in [-0.1, -0.05) is 62.8 Å². The molecule has 174 valence electrons. The molecule has 9 heteroatoms. The van der Waals surface area contributed by atoms with Crippen LogP contribution in [0.4, 0.5) is 15.6 Å². The van der Waals surface area contributed by atoms with Crippen LogP contribution in [0, 0.1) is 5.92 Å². The fourth-order valence-electron chi connectivity index (χ4n) is 3.16. The smallest absolute Gasteiger partial charge is 0.319 e. The fraction of sp³-hybridized carbons (Fsp3) is 0.333. The third-order valence-corrected chi connectivity index (χ3v) is 6.26. The van der Waals surface area contributed by atoms with E-state index >= 15 is 0 Å². The molecule has 1 aromatic heterocycles. The van der Waals surface area contributed by atoms with Gasteiger partial charge in [0, 0.05) is 11.3 Å². The van der Waals surface area contributed by atoms with E-state index < -0.39 is 12.1 Å². The largest absolute Gasteiger partial charge is 0.497 e. The molecule has 2 aromatic carbocycles. The first kappa shape index (κ1) is 24.2. The number of amides is 3. The molecule has 0 spiro atoms. The maximum Gasteiger partial charge on any atom is 0.319 e. The van der Waals surface area contributed by atoms with Crippen molar-refractivity contribution in [2.45, 2.75) is 39.7 Å². The van der Waals surface area contributed by atoms with Gasteiger partial charge in [0.25, 0.3) is 0 Å². The molecule has 0 fully saturated rings. The van der Waals surface area contributed by atoms with Crippen LogP contribution in [-0.2, 0) is 11.2 Å². The number of nitrogens with one attached hydrogen (secondary N) is 3. The summed E-state index contributed by atoms with van der Waals surface area (Å²) in [6, 6.07) is 13.9. The summed E-state index contributed by atoms with van der Waals surface area (Å²) in [5, 5.41) is 17.7. The number of benzene rings is 2. The van der Waals surface area contributed by atoms with Crippen molar-refractivity contribution in [3.05, 3.63) is 54.1 Å². The van der Waals surface area contributed by atoms with Crippen molar-refractivity contribution in [1.29, 1.82) is 0 Å². The monoisotopic (exact) mass is 467 g/mol. The van der Waals surface area contributed by atoms with Crippen molar-refractivity contribution in [1.82, 2.24) is 15.5 Å². The molecule has 0 aliphatic carbocycles. The number of nitrogens with zero attached hydrogens (tertiary/aromatic N) is 2. The Balaban J connectivity index is 1.66. The van der Waals surface area contributed by atoms with Crippen LogP contribution in [0.3, 0.4) is 0 Å². The normalized spacial score (nSPS) is 12.5. The number of anilines is 2. The number of methoxy groups -OCH3 is 1. The number of aryl methyl sites for hydroxylation is 1. The van der Waals surface area contributed by atoms with E-state index in [1.54, 1.807) is 7.11 Å². The Morgan fingerprint density at radius 3 is 2.48 bits per heavy atom. The molecule has 33 heavy (non-hydrogen) atoms. The summed E-state index contributed by atoms with van der Waals surface area (Å²) in [6.45, 7) is 5.96. The van der Waals surface area contributed by atoms with Gasteiger partial charge in [0.15, 0.2) is 0 Å². The molecule has 0 radical (unpaired) electrons. The standard InChI is InChI=1S/C24H29N5O3S/c1-5-15(3)20(26-23(31)25-18-12-10-16(6-2)11-13-18)21(30)27-24-29-28-22(33-24)17-8-7-9-19(14-17)32-4/h7-15,20H,5-6H2,1-4H3,(H2,25,26,31)(H,27,29,30). The second kappa shape index (κ2) is 11.4. The van der Waals surface area contributed by atoms with E-state index in [2.05, 4.69) is 33.1 Å². The van der Waals surface area contributed by atoms with Crippen LogP contribution in [-0.4, -0.2) is 35.3 Å². The quantitative estimate of drug-likeness (QED) is 0.413. The lowest BCUT2D eigenvalue weighted by Crippen LogP contribution is -2.49. The molecule has 0 bridgehead atoms. The molecule has 1 heterocycles. The Morgan fingerprint density at radius 2 is 1.82 bits per heavy atom. The zero-order valence-corrected chi connectivity index (χ0v) is 20.0. The Hall–Kier alpha value is -3.46. The van der Waals surface area contributed by atoms with Crippen molar-refractivity contribution in [3.8, 4) is 16.3 Å². The molecule has 3 rings (SSSR count). The number of ether oxygens (including phenoxy) is 1. The van der Waals surface area contributed by atoms with Crippen LogP contribution in [0.1, 0.15) is 32.8 Å². The first-order valence-corrected chi connectivity index (χ1v) is 11.7. The average molecular weight is 468 g/mol. The van der Waals surface area contributed by atoms with Crippen LogP contribution in [0.5, 0.6) is 5.75 Å². The van der Waals surface area contributed by atoms with Gasteiger partial charge in [0.2, 0.25) is 11.0 Å². The number of hydrogen-bond donors (Lipinski definition) is 3. The molecule has 0 saturated heterocycles. The van der Waals surface area contributed by atoms with Crippen LogP contribution >= 0.6 is 11.3 Å². The fourth-order valence-corrected chi connectivity index (χ4v) is 3.91. The maximum atomic E-state index is 13.0. The number of carbonyl (C=O) groups is 2. The Kier molecular flexibility index (Phi) is 8.37. The van der Waals surface area contributed by atoms with Gasteiger partial charge in [0.05, 0.1) is 7.11 Å². The van der Waals surface area contributed by atoms with Gasteiger partial charge in [-0.05, 0) is 42.2 Å². The van der Waals surface area contributed by atoms with Gasteiger partial charge in [0.1, 0.15) is 16.8 Å². The van der Waals surface area contributed by atoms with Crippen molar-refractivity contribution < 1.29 is 14.3 Å². The predicted octanol–water partition coefficient (Wildman–Crippen LogP) is 4.95. The summed E-state index contributed by atoms with van der Waals surface area (Å²) < 4.78 is 5.25. The van der Waals surface area contributed by atoms with Gasteiger partial charge < -0.3 is 15.4 Å². The minimum atomic E-state index is -0.728. The van der Waals surface area contributed by atoms with E-state index in [1.807, 2.05) is 62.4 Å². The summed E-state index contributed by atoms with van der Waals surface area (Å²) in [5.74, 6) is 0.294. The first-order chi connectivity index (χ1) is 15.9. The highest BCUT2D eigenvalue weighted by Crippen LogP contribution is 2.29. The second-order valence-electron chi connectivity index (χ2n) is 7.65. The highest BCUT2D eigenvalue weighted by molar-refractivity contribution is 7.18. The summed E-state index contributed by atoms with van der Waals surface area (Å²) in [6.07, 6.45) is 1.64. The lowest BCUT2D eigenvalue weighted by Gasteiger charge is -2.23. The summed E-state index contributed by atoms with van der Waals surface area (Å²) in [7, 11) is 1.60. The lowest BCUT2D eigenvalue weighted by molar-refractivity contribution is -0.119. The summed E-state index contributed by atoms with van der Waals surface area (Å²) in [4.78, 5) is 25.6. The van der Waals surface area contributed by atoms with E-state index in [9.17, 15) is 9.59 Å². The van der Waals surface area contributed by atoms with E-state index in [0.29, 0.717) is 21.6 Å². The molecule has 3 amide bonds. The van der Waals surface area contributed by atoms with E-state index in [-0.39, 0.29) is 11.8 Å². The molecule has 0 saturated carbocycles. The van der Waals surface area contributed by atoms with E-state index in [0.717, 1.165) is 18.4 Å². The number of carbonyl (C=O) groups excluding carboxylic acids is 2. The molecule has 2 atom stereocenters. The average Bonchev–Trinajstić information content (AvgIpc) is 3.31. The van der Waals surface area contributed by atoms with E-state index in [1.165, 1.54) is 16.9 Å². The number of rotatable bonds is 9. The Morgan fingerprint density at radius 1 is 1.06 bits per heavy atom. The summed E-state index contributed by atoms with van der Waals surface area (Å²) >= 11 is 1.26. The highest BCUT2D eigenvalue weighted by atomic mass is 32.1. The van der Waals surface area contributed by atoms with E-state index in [4.69, 9.17) is 4.74 Å². The second-order valence-corrected chi connectivity index (χ2v) is 8.62. The summed E-state index contributed by atoms with van der Waals surface area (Å²) in [5.41, 5.74) is 2.70. The predicted molar refractivity (Wildman–Crippen MR) is 132 cm³/mol. The third kappa shape index (κ3) is 6.52. The molecule has 3 N–H and O–H groups in total. The minimum absolute atomic E-state index is 0.0796. The molecule has 3 aromatic rings. The molecule has 8 nitrogen and oxygen atoms in total. The van der Waals surface area contributed by atoms with Gasteiger partial charge in [-0.3, -0.25) is 10.1 Å². The van der Waals surface area contributed by atoms with Crippen LogP contribution in [0.2, 0.25) is 0 Å². The zero-order valence-electron chi connectivity index (χ0n) is 19.2. The van der Waals surface area contributed by atoms with Crippen LogP contribution < -0.4 is 20.7 Å². The zero-order chi connectivity index (χ0) is 23.8. The third-order valence-electron chi connectivity index (χ3n) is 5.37. The SMILES string of the molecule is CCc1ccc(NC(=O)NC(C(=O)Nc2nnc(-c3cccc(OC)c3)s2)C(C)CC)cc1. The number of urea groups is 1. The van der Waals surface area contributed by atoms with Crippen LogP contribution in [0.15, 0.2) is 48.5 Å². The van der Waals surface area contributed by atoms with Crippen molar-refractivity contribution in [3.63, 3.8) is 0 Å². The van der Waals surface area contributed by atoms with Crippen molar-refractivity contribution in [2.24, 2.45) is 5.92 Å². The van der Waals surface area contributed by atoms with Crippen LogP contribution in [0.25, 0.3) is 10.6 Å². The van der Waals surface area contributed by atoms with Crippen molar-refractivity contribution in [2.75, 3.05) is 17.7 Å². The lowest BCUT2D eigenvalue weighted by atomic mass is 9.98. The van der Waals surface area contributed by atoms with Gasteiger partial charge in [-0.2, -0.15) is 0 Å². The first-order valence-electron chi connectivity index (χ1n) is 10.9. The molecular formula is C24H29N5O3S. The highest BCUT2D eigenvalue weighted by Gasteiger charge is 2.27. The molecule has 2 unspecified atom stereocenters. The van der Waals surface area contributed by atoms with Gasteiger partial charge in [-0.25, -0.2) is 4.79 Å². The number of hydrogen-bond acceptors (Lipinski definition) is 6.